The predicted molar refractivity (Wildman–Crippen MR) is 65.7 cm³/mol. The molecule has 2 unspecified atom stereocenters. The van der Waals surface area contributed by atoms with Gasteiger partial charge in [0.2, 0.25) is 0 Å². The highest BCUT2D eigenvalue weighted by Gasteiger charge is 2.28. The summed E-state index contributed by atoms with van der Waals surface area (Å²) >= 11 is 0. The smallest absolute Gasteiger partial charge is 0.257 e. The summed E-state index contributed by atoms with van der Waals surface area (Å²) < 4.78 is 0. The summed E-state index contributed by atoms with van der Waals surface area (Å²) in [6.45, 7) is 6.95. The largest absolute Gasteiger partial charge is 0.338 e. The number of nitrogens with one attached hydrogen (secondary N) is 2. The van der Waals surface area contributed by atoms with Gasteiger partial charge in [0.05, 0.1) is 11.8 Å². The van der Waals surface area contributed by atoms with Crippen molar-refractivity contribution in [2.24, 2.45) is 5.92 Å². The van der Waals surface area contributed by atoms with E-state index in [2.05, 4.69) is 29.4 Å². The SMILES string of the molecule is CCNC1CCN(C(=O)c2cn[nH]c2)CC1C. The Bertz CT molecular complexity index is 363. The van der Waals surface area contributed by atoms with Crippen LogP contribution in [-0.4, -0.2) is 46.7 Å². The average molecular weight is 236 g/mol. The van der Waals surface area contributed by atoms with Crippen LogP contribution in [0.25, 0.3) is 0 Å². The summed E-state index contributed by atoms with van der Waals surface area (Å²) in [5, 5.41) is 9.97. The average Bonchev–Trinajstić information content (AvgIpc) is 2.84. The zero-order chi connectivity index (χ0) is 12.3. The lowest BCUT2D eigenvalue weighted by molar-refractivity contribution is 0.0646. The molecule has 17 heavy (non-hydrogen) atoms. The highest BCUT2D eigenvalue weighted by Crippen LogP contribution is 2.18. The number of likely N-dealkylation sites (tertiary alicyclic amines) is 1. The fourth-order valence-electron chi connectivity index (χ4n) is 2.45. The highest BCUT2D eigenvalue weighted by molar-refractivity contribution is 5.93. The van der Waals surface area contributed by atoms with Crippen LogP contribution in [0.3, 0.4) is 0 Å². The van der Waals surface area contributed by atoms with Crippen LogP contribution < -0.4 is 5.32 Å². The van der Waals surface area contributed by atoms with Crippen LogP contribution in [0.5, 0.6) is 0 Å². The lowest BCUT2D eigenvalue weighted by Gasteiger charge is -2.37. The first-order valence-electron chi connectivity index (χ1n) is 6.23. The topological polar surface area (TPSA) is 61.0 Å². The molecular weight excluding hydrogens is 216 g/mol. The molecule has 1 fully saturated rings. The zero-order valence-electron chi connectivity index (χ0n) is 10.4. The Labute approximate surface area is 102 Å². The molecule has 0 radical (unpaired) electrons. The fraction of sp³-hybridized carbons (Fsp3) is 0.667. The molecule has 1 aliphatic heterocycles. The van der Waals surface area contributed by atoms with Gasteiger partial charge in [0.15, 0.2) is 0 Å². The minimum absolute atomic E-state index is 0.0838. The van der Waals surface area contributed by atoms with Crippen LogP contribution in [0, 0.1) is 5.92 Å². The van der Waals surface area contributed by atoms with Gasteiger partial charge in [-0.25, -0.2) is 0 Å². The van der Waals surface area contributed by atoms with Gasteiger partial charge in [0.1, 0.15) is 0 Å². The zero-order valence-corrected chi connectivity index (χ0v) is 10.4. The van der Waals surface area contributed by atoms with Crippen molar-refractivity contribution in [1.82, 2.24) is 20.4 Å². The molecule has 2 heterocycles. The number of hydrogen-bond acceptors (Lipinski definition) is 3. The number of aromatic amines is 1. The van der Waals surface area contributed by atoms with Crippen LogP contribution >= 0.6 is 0 Å². The Kier molecular flexibility index (Phi) is 3.78. The molecule has 5 nitrogen and oxygen atoms in total. The molecule has 2 rings (SSSR count). The van der Waals surface area contributed by atoms with Gasteiger partial charge in [-0.05, 0) is 18.9 Å². The maximum atomic E-state index is 12.1. The van der Waals surface area contributed by atoms with E-state index < -0.39 is 0 Å². The van der Waals surface area contributed by atoms with Gasteiger partial charge in [-0.2, -0.15) is 5.10 Å². The number of carbonyl (C=O) groups is 1. The van der Waals surface area contributed by atoms with Crippen molar-refractivity contribution < 1.29 is 4.79 Å². The van der Waals surface area contributed by atoms with Crippen molar-refractivity contribution >= 4 is 5.91 Å². The van der Waals surface area contributed by atoms with Gasteiger partial charge >= 0.3 is 0 Å². The molecule has 94 valence electrons. The van der Waals surface area contributed by atoms with E-state index in [-0.39, 0.29) is 5.91 Å². The molecular formula is C12H20N4O. The van der Waals surface area contributed by atoms with Gasteiger partial charge in [-0.15, -0.1) is 0 Å². The second kappa shape index (κ2) is 5.31. The van der Waals surface area contributed by atoms with Gasteiger partial charge in [-0.3, -0.25) is 9.89 Å². The molecule has 1 aliphatic rings. The van der Waals surface area contributed by atoms with Crippen LogP contribution in [0.2, 0.25) is 0 Å². The molecule has 2 N–H and O–H groups in total. The maximum absolute atomic E-state index is 12.1. The minimum atomic E-state index is 0.0838. The number of nitrogens with zero attached hydrogens (tertiary/aromatic N) is 2. The van der Waals surface area contributed by atoms with Crippen molar-refractivity contribution in [2.45, 2.75) is 26.3 Å². The molecule has 1 aromatic heterocycles. The molecule has 0 spiro atoms. The molecule has 1 amide bonds. The van der Waals surface area contributed by atoms with Gasteiger partial charge in [0, 0.05) is 25.3 Å². The summed E-state index contributed by atoms with van der Waals surface area (Å²) in [6.07, 6.45) is 4.27. The fourth-order valence-corrected chi connectivity index (χ4v) is 2.45. The quantitative estimate of drug-likeness (QED) is 0.818. The second-order valence-corrected chi connectivity index (χ2v) is 4.67. The van der Waals surface area contributed by atoms with Crippen LogP contribution in [0.15, 0.2) is 12.4 Å². The Balaban J connectivity index is 1.95. The minimum Gasteiger partial charge on any atom is -0.338 e. The predicted octanol–water partition coefficient (Wildman–Crippen LogP) is 0.870. The second-order valence-electron chi connectivity index (χ2n) is 4.67. The van der Waals surface area contributed by atoms with E-state index in [1.165, 1.54) is 0 Å². The van der Waals surface area contributed by atoms with E-state index >= 15 is 0 Å². The first-order chi connectivity index (χ1) is 8.22. The van der Waals surface area contributed by atoms with E-state index in [0.29, 0.717) is 17.5 Å². The lowest BCUT2D eigenvalue weighted by Crippen LogP contribution is -2.50. The van der Waals surface area contributed by atoms with Crippen LogP contribution in [0.4, 0.5) is 0 Å². The van der Waals surface area contributed by atoms with Crippen LogP contribution in [0.1, 0.15) is 30.6 Å². The van der Waals surface area contributed by atoms with Gasteiger partial charge < -0.3 is 10.2 Å². The van der Waals surface area contributed by atoms with E-state index in [0.717, 1.165) is 26.1 Å². The van der Waals surface area contributed by atoms with E-state index in [4.69, 9.17) is 0 Å². The van der Waals surface area contributed by atoms with E-state index in [1.807, 2.05) is 4.90 Å². The van der Waals surface area contributed by atoms with E-state index in [9.17, 15) is 4.79 Å². The van der Waals surface area contributed by atoms with Gasteiger partial charge in [-0.1, -0.05) is 13.8 Å². The third-order valence-corrected chi connectivity index (χ3v) is 3.40. The van der Waals surface area contributed by atoms with Crippen molar-refractivity contribution in [3.05, 3.63) is 18.0 Å². The molecule has 0 saturated carbocycles. The molecule has 1 aromatic rings. The number of aromatic nitrogens is 2. The highest BCUT2D eigenvalue weighted by atomic mass is 16.2. The normalized spacial score (nSPS) is 24.9. The van der Waals surface area contributed by atoms with Crippen molar-refractivity contribution in [1.29, 1.82) is 0 Å². The number of H-pyrrole nitrogens is 1. The summed E-state index contributed by atoms with van der Waals surface area (Å²) in [7, 11) is 0. The molecule has 2 atom stereocenters. The number of rotatable bonds is 3. The number of piperidine rings is 1. The Morgan fingerprint density at radius 1 is 1.71 bits per heavy atom. The summed E-state index contributed by atoms with van der Waals surface area (Å²) in [5.74, 6) is 0.583. The number of hydrogen-bond donors (Lipinski definition) is 2. The first-order valence-corrected chi connectivity index (χ1v) is 6.23. The molecule has 0 aliphatic carbocycles. The third kappa shape index (κ3) is 2.66. The molecule has 1 saturated heterocycles. The van der Waals surface area contributed by atoms with Crippen molar-refractivity contribution in [3.8, 4) is 0 Å². The summed E-state index contributed by atoms with van der Waals surface area (Å²) in [4.78, 5) is 14.0. The molecule has 0 bridgehead atoms. The third-order valence-electron chi connectivity index (χ3n) is 3.40. The standard InChI is InChI=1S/C12H20N4O/c1-3-13-11-4-5-16(8-9(11)2)12(17)10-6-14-15-7-10/h6-7,9,11,13H,3-5,8H2,1-2H3,(H,14,15). The first kappa shape index (κ1) is 12.1. The number of amides is 1. The van der Waals surface area contributed by atoms with Gasteiger partial charge in [0.25, 0.3) is 5.91 Å². The number of carbonyl (C=O) groups excluding carboxylic acids is 1. The maximum Gasteiger partial charge on any atom is 0.257 e. The van der Waals surface area contributed by atoms with Crippen LogP contribution in [-0.2, 0) is 0 Å². The van der Waals surface area contributed by atoms with Crippen molar-refractivity contribution in [2.75, 3.05) is 19.6 Å². The van der Waals surface area contributed by atoms with E-state index in [1.54, 1.807) is 12.4 Å². The lowest BCUT2D eigenvalue weighted by atomic mass is 9.93. The summed E-state index contributed by atoms with van der Waals surface area (Å²) in [5.41, 5.74) is 0.652. The Hall–Kier alpha value is -1.36. The Morgan fingerprint density at radius 2 is 2.53 bits per heavy atom. The molecule has 0 aromatic carbocycles. The monoisotopic (exact) mass is 236 g/mol. The van der Waals surface area contributed by atoms with Crippen molar-refractivity contribution in [3.63, 3.8) is 0 Å². The summed E-state index contributed by atoms with van der Waals surface area (Å²) in [6, 6.07) is 0.536. The Morgan fingerprint density at radius 3 is 3.12 bits per heavy atom. The molecule has 5 heteroatoms.